The first-order chi connectivity index (χ1) is 3.79. The van der Waals surface area contributed by atoms with Crippen LogP contribution in [-0.2, 0) is 4.79 Å². The van der Waals surface area contributed by atoms with Crippen molar-refractivity contribution < 1.29 is 4.79 Å². The van der Waals surface area contributed by atoms with Crippen molar-refractivity contribution in [1.29, 1.82) is 0 Å². The van der Waals surface area contributed by atoms with E-state index in [9.17, 15) is 4.79 Å². The summed E-state index contributed by atoms with van der Waals surface area (Å²) in [4.78, 5) is 13.9. The lowest BCUT2D eigenvalue weighted by molar-refractivity contribution is -0.111. The van der Waals surface area contributed by atoms with E-state index in [4.69, 9.17) is 11.6 Å². The van der Waals surface area contributed by atoms with Crippen LogP contribution in [0.15, 0.2) is 16.2 Å². The molecule has 0 spiro atoms. The molecule has 0 aromatic carbocycles. The molecule has 3 heteroatoms. The normalized spacial score (nSPS) is 18.6. The standard InChI is InChI=1S/C5H4ClNO/c6-5-2-1-4(8)3-7-5/h2-3H,1H2. The highest BCUT2D eigenvalue weighted by Gasteiger charge is 2.00. The van der Waals surface area contributed by atoms with Crippen LogP contribution in [0, 0.1) is 0 Å². The van der Waals surface area contributed by atoms with Gasteiger partial charge in [-0.2, -0.15) is 0 Å². The average Bonchev–Trinajstić information content (AvgIpc) is 1.77. The topological polar surface area (TPSA) is 29.4 Å². The molecule has 1 heterocycles. The van der Waals surface area contributed by atoms with E-state index in [1.165, 1.54) is 6.21 Å². The molecule has 0 saturated carbocycles. The summed E-state index contributed by atoms with van der Waals surface area (Å²) in [5.74, 6) is 0.00870. The Balaban J connectivity index is 2.71. The fraction of sp³-hybridized carbons (Fsp3) is 0.200. The number of halogens is 1. The highest BCUT2D eigenvalue weighted by Crippen LogP contribution is 2.07. The van der Waals surface area contributed by atoms with Gasteiger partial charge in [0.05, 0.1) is 6.21 Å². The lowest BCUT2D eigenvalue weighted by Crippen LogP contribution is -2.00. The Morgan fingerprint density at radius 1 is 1.75 bits per heavy atom. The average molecular weight is 130 g/mol. The predicted octanol–water partition coefficient (Wildman–Crippen LogP) is 1.11. The van der Waals surface area contributed by atoms with Gasteiger partial charge < -0.3 is 0 Å². The maximum Gasteiger partial charge on any atom is 0.177 e. The molecule has 0 atom stereocenters. The van der Waals surface area contributed by atoms with Crippen molar-refractivity contribution in [3.8, 4) is 0 Å². The van der Waals surface area contributed by atoms with Crippen LogP contribution in [0.4, 0.5) is 0 Å². The smallest absolute Gasteiger partial charge is 0.177 e. The predicted molar refractivity (Wildman–Crippen MR) is 32.1 cm³/mol. The molecule has 42 valence electrons. The Labute approximate surface area is 51.9 Å². The molecule has 2 nitrogen and oxygen atoms in total. The number of allylic oxidation sites excluding steroid dienone is 1. The van der Waals surface area contributed by atoms with E-state index >= 15 is 0 Å². The monoisotopic (exact) mass is 129 g/mol. The first-order valence-corrected chi connectivity index (χ1v) is 2.59. The van der Waals surface area contributed by atoms with E-state index < -0.39 is 0 Å². The molecule has 0 fully saturated rings. The van der Waals surface area contributed by atoms with Gasteiger partial charge in [0.2, 0.25) is 0 Å². The van der Waals surface area contributed by atoms with Crippen LogP contribution in [-0.4, -0.2) is 12.0 Å². The van der Waals surface area contributed by atoms with Gasteiger partial charge in [-0.1, -0.05) is 11.6 Å². The van der Waals surface area contributed by atoms with Gasteiger partial charge in [-0.15, -0.1) is 0 Å². The molecule has 0 saturated heterocycles. The number of aliphatic imine (C=N–C) groups is 1. The third-order valence-corrected chi connectivity index (χ3v) is 1.06. The Morgan fingerprint density at radius 3 is 2.88 bits per heavy atom. The lowest BCUT2D eigenvalue weighted by atomic mass is 10.3. The van der Waals surface area contributed by atoms with Crippen molar-refractivity contribution in [1.82, 2.24) is 0 Å². The zero-order valence-corrected chi connectivity index (χ0v) is 4.85. The molecule has 0 aromatic heterocycles. The van der Waals surface area contributed by atoms with Crippen LogP contribution in [0.1, 0.15) is 6.42 Å². The number of rotatable bonds is 0. The van der Waals surface area contributed by atoms with Gasteiger partial charge in [0, 0.05) is 6.42 Å². The first kappa shape index (κ1) is 5.51. The van der Waals surface area contributed by atoms with Crippen LogP contribution in [0.25, 0.3) is 0 Å². The molecule has 0 amide bonds. The molecule has 0 aromatic rings. The summed E-state index contributed by atoms with van der Waals surface area (Å²) in [6.07, 6.45) is 3.22. The van der Waals surface area contributed by atoms with Gasteiger partial charge >= 0.3 is 0 Å². The molecular formula is C5H4ClNO. The number of hydrogen-bond donors (Lipinski definition) is 0. The molecule has 0 N–H and O–H groups in total. The summed E-state index contributed by atoms with van der Waals surface area (Å²) >= 11 is 5.39. The van der Waals surface area contributed by atoms with Crippen molar-refractivity contribution in [3.05, 3.63) is 11.2 Å². The van der Waals surface area contributed by atoms with Gasteiger partial charge in [-0.25, -0.2) is 4.99 Å². The van der Waals surface area contributed by atoms with E-state index in [2.05, 4.69) is 4.99 Å². The summed E-state index contributed by atoms with van der Waals surface area (Å²) in [7, 11) is 0. The van der Waals surface area contributed by atoms with Crippen LogP contribution in [0.3, 0.4) is 0 Å². The van der Waals surface area contributed by atoms with E-state index in [1.54, 1.807) is 6.08 Å². The SMILES string of the molecule is O=C1C=NC(Cl)=CC1. The van der Waals surface area contributed by atoms with E-state index in [1.807, 2.05) is 0 Å². The zero-order valence-electron chi connectivity index (χ0n) is 4.10. The Bertz CT molecular complexity index is 169. The van der Waals surface area contributed by atoms with Crippen LogP contribution >= 0.6 is 11.6 Å². The molecule has 0 bridgehead atoms. The maximum atomic E-state index is 10.4. The van der Waals surface area contributed by atoms with Crippen molar-refractivity contribution in [2.45, 2.75) is 6.42 Å². The van der Waals surface area contributed by atoms with Gasteiger partial charge in [0.25, 0.3) is 0 Å². The number of hydrogen-bond acceptors (Lipinski definition) is 2. The highest BCUT2D eigenvalue weighted by atomic mass is 35.5. The van der Waals surface area contributed by atoms with Crippen LogP contribution < -0.4 is 0 Å². The van der Waals surface area contributed by atoms with Gasteiger partial charge in [-0.05, 0) is 6.08 Å². The minimum Gasteiger partial charge on any atom is -0.293 e. The van der Waals surface area contributed by atoms with Gasteiger partial charge in [0.1, 0.15) is 5.16 Å². The summed E-state index contributed by atoms with van der Waals surface area (Å²) < 4.78 is 0. The van der Waals surface area contributed by atoms with Gasteiger partial charge in [-0.3, -0.25) is 4.79 Å². The number of carbonyl (C=O) groups excluding carboxylic acids is 1. The largest absolute Gasteiger partial charge is 0.293 e. The van der Waals surface area contributed by atoms with Crippen molar-refractivity contribution in [3.63, 3.8) is 0 Å². The summed E-state index contributed by atoms with van der Waals surface area (Å²) in [5.41, 5.74) is 0. The summed E-state index contributed by atoms with van der Waals surface area (Å²) in [5, 5.41) is 0.407. The summed E-state index contributed by atoms with van der Waals surface area (Å²) in [6, 6.07) is 0. The highest BCUT2D eigenvalue weighted by molar-refractivity contribution is 6.35. The third kappa shape index (κ3) is 1.17. The number of carbonyl (C=O) groups is 1. The second-order valence-electron chi connectivity index (χ2n) is 1.46. The second-order valence-corrected chi connectivity index (χ2v) is 1.84. The molecule has 0 radical (unpaired) electrons. The van der Waals surface area contributed by atoms with Crippen molar-refractivity contribution >= 4 is 23.6 Å². The van der Waals surface area contributed by atoms with Crippen molar-refractivity contribution in [2.75, 3.05) is 0 Å². The Kier molecular flexibility index (Phi) is 1.44. The van der Waals surface area contributed by atoms with Crippen LogP contribution in [0.5, 0.6) is 0 Å². The lowest BCUT2D eigenvalue weighted by Gasteiger charge is -1.93. The Morgan fingerprint density at radius 2 is 2.50 bits per heavy atom. The fourth-order valence-corrected chi connectivity index (χ4v) is 0.550. The van der Waals surface area contributed by atoms with E-state index in [-0.39, 0.29) is 5.78 Å². The quantitative estimate of drug-likeness (QED) is 0.451. The van der Waals surface area contributed by atoms with Gasteiger partial charge in [0.15, 0.2) is 5.78 Å². The molecular weight excluding hydrogens is 126 g/mol. The number of ketones is 1. The first-order valence-electron chi connectivity index (χ1n) is 2.21. The zero-order chi connectivity index (χ0) is 5.98. The van der Waals surface area contributed by atoms with Crippen molar-refractivity contribution in [2.24, 2.45) is 4.99 Å². The van der Waals surface area contributed by atoms with E-state index in [0.717, 1.165) is 0 Å². The molecule has 8 heavy (non-hydrogen) atoms. The minimum atomic E-state index is 0.00870. The minimum absolute atomic E-state index is 0.00870. The Hall–Kier alpha value is -0.630. The molecule has 1 aliphatic heterocycles. The third-order valence-electron chi connectivity index (χ3n) is 0.804. The molecule has 0 aliphatic carbocycles. The molecule has 0 unspecified atom stereocenters. The second kappa shape index (κ2) is 2.09. The molecule has 1 aliphatic rings. The number of Topliss-reactive ketones (excluding diaryl/α,β-unsaturated/α-hetero) is 1. The fourth-order valence-electron chi connectivity index (χ4n) is 0.424. The van der Waals surface area contributed by atoms with Crippen LogP contribution in [0.2, 0.25) is 0 Å². The number of nitrogens with zero attached hydrogens (tertiary/aromatic N) is 1. The van der Waals surface area contributed by atoms with E-state index in [0.29, 0.717) is 11.6 Å². The summed E-state index contributed by atoms with van der Waals surface area (Å²) in [6.45, 7) is 0. The maximum absolute atomic E-state index is 10.4. The molecule has 1 rings (SSSR count).